The van der Waals surface area contributed by atoms with Gasteiger partial charge in [0.05, 0.1) is 16.4 Å². The molecule has 0 amide bonds. The molecule has 0 saturated heterocycles. The van der Waals surface area contributed by atoms with E-state index >= 15 is 0 Å². The van der Waals surface area contributed by atoms with E-state index in [1.807, 2.05) is 0 Å². The Bertz CT molecular complexity index is 1200. The van der Waals surface area contributed by atoms with Gasteiger partial charge in [0.1, 0.15) is 11.6 Å². The van der Waals surface area contributed by atoms with Crippen molar-refractivity contribution in [2.45, 2.75) is 31.2 Å². The number of fused-ring (bicyclic) bond motifs is 1. The Kier molecular flexibility index (Phi) is 3.86. The Hall–Kier alpha value is -3.14. The van der Waals surface area contributed by atoms with Crippen molar-refractivity contribution in [3.63, 3.8) is 0 Å². The van der Waals surface area contributed by atoms with Crippen LogP contribution in [0.15, 0.2) is 47.4 Å². The molecule has 0 spiro atoms. The molecule has 1 aromatic heterocycles. The zero-order valence-corrected chi connectivity index (χ0v) is 14.8. The molecule has 0 atom stereocenters. The normalized spacial score (nSPS) is 15.4. The van der Waals surface area contributed by atoms with Gasteiger partial charge in [-0.15, -0.1) is 0 Å². The fourth-order valence-electron chi connectivity index (χ4n) is 3.61. The van der Waals surface area contributed by atoms with Crippen molar-refractivity contribution in [2.24, 2.45) is 0 Å². The van der Waals surface area contributed by atoms with Crippen LogP contribution in [-0.4, -0.2) is 4.57 Å². The number of hydrogen-bond acceptors (Lipinski definition) is 2. The van der Waals surface area contributed by atoms with Crippen LogP contribution >= 0.6 is 0 Å². The SMILES string of the molecule is CC(F)(F)c1ccc(C2(n3cc(C#N)c(=O)c4cc(F)c(F)cc43)CC2)cc1. The van der Waals surface area contributed by atoms with Crippen molar-refractivity contribution in [3.05, 3.63) is 81.1 Å². The van der Waals surface area contributed by atoms with E-state index in [0.717, 1.165) is 19.1 Å². The summed E-state index contributed by atoms with van der Waals surface area (Å²) < 4.78 is 56.2. The van der Waals surface area contributed by atoms with E-state index in [2.05, 4.69) is 0 Å². The average Bonchev–Trinajstić information content (AvgIpc) is 3.45. The van der Waals surface area contributed by atoms with Gasteiger partial charge < -0.3 is 4.57 Å². The van der Waals surface area contributed by atoms with E-state index in [0.29, 0.717) is 18.4 Å². The second-order valence-corrected chi connectivity index (χ2v) is 7.13. The lowest BCUT2D eigenvalue weighted by atomic mass is 9.99. The smallest absolute Gasteiger partial charge is 0.270 e. The summed E-state index contributed by atoms with van der Waals surface area (Å²) in [5.74, 6) is -5.26. The maximum absolute atomic E-state index is 13.9. The van der Waals surface area contributed by atoms with Crippen LogP contribution in [0.5, 0.6) is 0 Å². The van der Waals surface area contributed by atoms with Gasteiger partial charge in [-0.2, -0.15) is 5.26 Å². The van der Waals surface area contributed by atoms with Crippen LogP contribution in [0.4, 0.5) is 17.6 Å². The number of hydrogen-bond donors (Lipinski definition) is 0. The lowest BCUT2D eigenvalue weighted by molar-refractivity contribution is 0.0174. The summed E-state index contributed by atoms with van der Waals surface area (Å²) in [5, 5.41) is 9.20. The minimum Gasteiger partial charge on any atom is -0.336 e. The Balaban J connectivity index is 1.96. The van der Waals surface area contributed by atoms with Crippen molar-refractivity contribution in [2.75, 3.05) is 0 Å². The van der Waals surface area contributed by atoms with Crippen LogP contribution in [-0.2, 0) is 11.5 Å². The van der Waals surface area contributed by atoms with Crippen LogP contribution in [0.2, 0.25) is 0 Å². The Morgan fingerprint density at radius 1 is 1.11 bits per heavy atom. The summed E-state index contributed by atoms with van der Waals surface area (Å²) >= 11 is 0. The van der Waals surface area contributed by atoms with E-state index in [1.54, 1.807) is 22.8 Å². The third-order valence-electron chi connectivity index (χ3n) is 5.28. The summed E-state index contributed by atoms with van der Waals surface area (Å²) in [7, 11) is 0. The van der Waals surface area contributed by atoms with Crippen LogP contribution in [0.25, 0.3) is 10.9 Å². The molecule has 1 aliphatic carbocycles. The Morgan fingerprint density at radius 2 is 1.71 bits per heavy atom. The van der Waals surface area contributed by atoms with Crippen molar-refractivity contribution >= 4 is 10.9 Å². The maximum atomic E-state index is 13.9. The molecule has 2 aromatic carbocycles. The highest BCUT2D eigenvalue weighted by Gasteiger charge is 2.47. The highest BCUT2D eigenvalue weighted by molar-refractivity contribution is 5.81. The Labute approximate surface area is 157 Å². The molecule has 1 aliphatic rings. The van der Waals surface area contributed by atoms with Gasteiger partial charge in [-0.25, -0.2) is 17.6 Å². The number of nitriles is 1. The quantitative estimate of drug-likeness (QED) is 0.607. The highest BCUT2D eigenvalue weighted by Crippen LogP contribution is 2.50. The average molecular weight is 386 g/mol. The predicted octanol–water partition coefficient (Wildman–Crippen LogP) is 4.80. The van der Waals surface area contributed by atoms with Gasteiger partial charge in [0.2, 0.25) is 5.43 Å². The number of aromatic nitrogens is 1. The van der Waals surface area contributed by atoms with Gasteiger partial charge in [-0.05, 0) is 24.5 Å². The molecule has 142 valence electrons. The molecular formula is C21H14F4N2O. The zero-order valence-electron chi connectivity index (χ0n) is 14.8. The molecule has 1 fully saturated rings. The molecule has 1 heterocycles. The standard InChI is InChI=1S/C21H14F4N2O/c1-20(24,25)13-2-4-14(5-3-13)21(6-7-21)27-11-12(10-26)19(28)15-8-16(22)17(23)9-18(15)27/h2-5,8-9,11H,6-7H2,1H3. The molecule has 4 rings (SSSR count). The van der Waals surface area contributed by atoms with Crippen LogP contribution < -0.4 is 5.43 Å². The van der Waals surface area contributed by atoms with Gasteiger partial charge in [0.25, 0.3) is 5.92 Å². The van der Waals surface area contributed by atoms with E-state index < -0.39 is 28.5 Å². The van der Waals surface area contributed by atoms with Crippen molar-refractivity contribution in [1.82, 2.24) is 4.57 Å². The minimum absolute atomic E-state index is 0.0964. The molecule has 0 radical (unpaired) electrons. The molecule has 7 heteroatoms. The molecule has 1 saturated carbocycles. The second kappa shape index (κ2) is 5.93. The second-order valence-electron chi connectivity index (χ2n) is 7.13. The zero-order chi connectivity index (χ0) is 20.3. The summed E-state index contributed by atoms with van der Waals surface area (Å²) in [6.07, 6.45) is 2.55. The first-order chi connectivity index (χ1) is 13.2. The number of nitrogens with zero attached hydrogens (tertiary/aromatic N) is 2. The van der Waals surface area contributed by atoms with E-state index in [9.17, 15) is 27.6 Å². The predicted molar refractivity (Wildman–Crippen MR) is 95.2 cm³/mol. The third kappa shape index (κ3) is 2.68. The van der Waals surface area contributed by atoms with Gasteiger partial charge >= 0.3 is 0 Å². The molecular weight excluding hydrogens is 372 g/mol. The lowest BCUT2D eigenvalue weighted by Crippen LogP contribution is -2.24. The third-order valence-corrected chi connectivity index (χ3v) is 5.28. The molecule has 0 aliphatic heterocycles. The van der Waals surface area contributed by atoms with E-state index in [1.165, 1.54) is 18.3 Å². The van der Waals surface area contributed by atoms with E-state index in [-0.39, 0.29) is 22.0 Å². The van der Waals surface area contributed by atoms with Crippen LogP contribution in [0.3, 0.4) is 0 Å². The largest absolute Gasteiger partial charge is 0.336 e. The maximum Gasteiger partial charge on any atom is 0.270 e. The van der Waals surface area contributed by atoms with E-state index in [4.69, 9.17) is 0 Å². The number of rotatable bonds is 3. The van der Waals surface area contributed by atoms with Gasteiger partial charge in [-0.1, -0.05) is 24.3 Å². The topological polar surface area (TPSA) is 45.8 Å². The molecule has 3 aromatic rings. The molecule has 0 N–H and O–H groups in total. The fraction of sp³-hybridized carbons (Fsp3) is 0.238. The van der Waals surface area contributed by atoms with Crippen molar-refractivity contribution in [3.8, 4) is 6.07 Å². The molecule has 0 bridgehead atoms. The molecule has 3 nitrogen and oxygen atoms in total. The lowest BCUT2D eigenvalue weighted by Gasteiger charge is -2.24. The first kappa shape index (κ1) is 18.2. The number of benzene rings is 2. The number of halogens is 4. The number of pyridine rings is 1. The van der Waals surface area contributed by atoms with Crippen LogP contribution in [0, 0.1) is 23.0 Å². The highest BCUT2D eigenvalue weighted by atomic mass is 19.3. The minimum atomic E-state index is -2.98. The van der Waals surface area contributed by atoms with Gasteiger partial charge in [0.15, 0.2) is 11.6 Å². The summed E-state index contributed by atoms with van der Waals surface area (Å²) in [6, 6.07) is 9.30. The van der Waals surface area contributed by atoms with Gasteiger partial charge in [-0.3, -0.25) is 4.79 Å². The summed E-state index contributed by atoms with van der Waals surface area (Å²) in [6.45, 7) is 0.806. The van der Waals surface area contributed by atoms with Crippen LogP contribution in [0.1, 0.15) is 36.5 Å². The molecule has 28 heavy (non-hydrogen) atoms. The fourth-order valence-corrected chi connectivity index (χ4v) is 3.61. The monoisotopic (exact) mass is 386 g/mol. The van der Waals surface area contributed by atoms with Crippen molar-refractivity contribution in [1.29, 1.82) is 5.26 Å². The first-order valence-electron chi connectivity index (χ1n) is 8.61. The van der Waals surface area contributed by atoms with Crippen molar-refractivity contribution < 1.29 is 17.6 Å². The van der Waals surface area contributed by atoms with Gasteiger partial charge in [0, 0.05) is 24.8 Å². The molecule has 0 unspecified atom stereocenters. The first-order valence-corrected chi connectivity index (χ1v) is 8.61. The Morgan fingerprint density at radius 3 is 2.25 bits per heavy atom. The number of alkyl halides is 2. The summed E-state index contributed by atoms with van der Waals surface area (Å²) in [5.41, 5.74) is -0.860. The summed E-state index contributed by atoms with van der Waals surface area (Å²) in [4.78, 5) is 12.4.